The number of fused-ring (bicyclic) bond motifs is 1. The highest BCUT2D eigenvalue weighted by Crippen LogP contribution is 2.39. The molecule has 1 atom stereocenters. The summed E-state index contributed by atoms with van der Waals surface area (Å²) in [7, 11) is 0. The number of imidazole rings is 1. The Morgan fingerprint density at radius 1 is 1.30 bits per heavy atom. The number of hydrogen-bond donors (Lipinski definition) is 3. The van der Waals surface area contributed by atoms with Crippen molar-refractivity contribution in [2.45, 2.75) is 49.9 Å². The van der Waals surface area contributed by atoms with Crippen LogP contribution in [0.15, 0.2) is 35.5 Å². The van der Waals surface area contributed by atoms with Crippen LogP contribution in [0.2, 0.25) is 0 Å². The van der Waals surface area contributed by atoms with Crippen LogP contribution in [0.1, 0.15) is 51.1 Å². The molecule has 4 rings (SSSR count). The number of aryl methyl sites for hydroxylation is 2. The van der Waals surface area contributed by atoms with E-state index in [0.29, 0.717) is 15.7 Å². The molecule has 0 saturated heterocycles. The average Bonchev–Trinajstić information content (AvgIpc) is 3.37. The zero-order valence-corrected chi connectivity index (χ0v) is 18.6. The molecule has 156 valence electrons. The maximum Gasteiger partial charge on any atom is 0.251 e. The molecule has 1 aliphatic carbocycles. The van der Waals surface area contributed by atoms with Crippen molar-refractivity contribution in [3.05, 3.63) is 63.3 Å². The van der Waals surface area contributed by atoms with E-state index in [1.807, 2.05) is 32.0 Å². The van der Waals surface area contributed by atoms with Crippen molar-refractivity contribution in [3.8, 4) is 0 Å². The summed E-state index contributed by atoms with van der Waals surface area (Å²) in [6.45, 7) is 3.83. The molecule has 2 amide bonds. The molecule has 0 radical (unpaired) electrons. The van der Waals surface area contributed by atoms with Crippen LogP contribution in [0.3, 0.4) is 0 Å². The molecule has 30 heavy (non-hydrogen) atoms. The molecular formula is C22H24N4O2S2. The number of H-pyrrole nitrogens is 1. The predicted molar refractivity (Wildman–Crippen MR) is 121 cm³/mol. The Hall–Kier alpha value is -2.58. The molecule has 0 fully saturated rings. The first kappa shape index (κ1) is 20.7. The van der Waals surface area contributed by atoms with Gasteiger partial charge in [-0.25, -0.2) is 4.98 Å². The summed E-state index contributed by atoms with van der Waals surface area (Å²) < 4.78 is 0. The van der Waals surface area contributed by atoms with Gasteiger partial charge in [0.1, 0.15) is 5.00 Å². The summed E-state index contributed by atoms with van der Waals surface area (Å²) in [5.41, 5.74) is 10.2. The van der Waals surface area contributed by atoms with Crippen LogP contribution in [-0.4, -0.2) is 27.0 Å². The normalized spacial score (nSPS) is 13.8. The Morgan fingerprint density at radius 3 is 2.80 bits per heavy atom. The lowest BCUT2D eigenvalue weighted by Gasteiger charge is -2.10. The standard InChI is InChI=1S/C22H24N4O2S2/c1-12-16(11-14-7-4-3-5-8-14)25-22(24-12)29-13(2)20(28)26-21-18(19(23)27)15-9-6-10-17(15)30-21/h3-5,7-8,13H,6,9-11H2,1-2H3,(H2,23,27)(H,24,25)(H,26,28)/t13-/m0/s1. The van der Waals surface area contributed by atoms with Crippen molar-refractivity contribution in [3.63, 3.8) is 0 Å². The van der Waals surface area contributed by atoms with Crippen LogP contribution in [0.5, 0.6) is 0 Å². The molecule has 2 aromatic heterocycles. The number of anilines is 1. The summed E-state index contributed by atoms with van der Waals surface area (Å²) >= 11 is 2.84. The maximum atomic E-state index is 12.8. The van der Waals surface area contributed by atoms with E-state index < -0.39 is 5.91 Å². The highest BCUT2D eigenvalue weighted by atomic mass is 32.2. The van der Waals surface area contributed by atoms with Crippen LogP contribution in [-0.2, 0) is 24.1 Å². The van der Waals surface area contributed by atoms with Gasteiger partial charge in [0.25, 0.3) is 5.91 Å². The van der Waals surface area contributed by atoms with Crippen molar-refractivity contribution in [1.82, 2.24) is 9.97 Å². The monoisotopic (exact) mass is 440 g/mol. The molecule has 0 spiro atoms. The molecule has 0 aliphatic heterocycles. The number of amides is 2. The van der Waals surface area contributed by atoms with Crippen LogP contribution in [0, 0.1) is 6.92 Å². The fourth-order valence-electron chi connectivity index (χ4n) is 3.67. The van der Waals surface area contributed by atoms with Gasteiger partial charge in [-0.05, 0) is 44.2 Å². The van der Waals surface area contributed by atoms with E-state index in [1.165, 1.54) is 28.7 Å². The van der Waals surface area contributed by atoms with Crippen LogP contribution < -0.4 is 11.1 Å². The molecule has 8 heteroatoms. The van der Waals surface area contributed by atoms with E-state index in [9.17, 15) is 9.59 Å². The number of thiophene rings is 1. The minimum atomic E-state index is -0.475. The zero-order valence-electron chi connectivity index (χ0n) is 17.0. The molecule has 2 heterocycles. The highest BCUT2D eigenvalue weighted by molar-refractivity contribution is 8.00. The van der Waals surface area contributed by atoms with E-state index >= 15 is 0 Å². The van der Waals surface area contributed by atoms with Crippen molar-refractivity contribution in [2.24, 2.45) is 5.73 Å². The van der Waals surface area contributed by atoms with Gasteiger partial charge in [0.15, 0.2) is 5.16 Å². The maximum absolute atomic E-state index is 12.8. The van der Waals surface area contributed by atoms with Gasteiger partial charge in [-0.15, -0.1) is 11.3 Å². The Kier molecular flexibility index (Phi) is 5.97. The third-order valence-corrected chi connectivity index (χ3v) is 7.43. The first-order valence-corrected chi connectivity index (χ1v) is 11.6. The summed E-state index contributed by atoms with van der Waals surface area (Å²) in [6.07, 6.45) is 3.56. The quantitative estimate of drug-likeness (QED) is 0.482. The molecule has 1 aliphatic rings. The van der Waals surface area contributed by atoms with Gasteiger partial charge < -0.3 is 16.0 Å². The Bertz CT molecular complexity index is 1090. The number of hydrogen-bond acceptors (Lipinski definition) is 5. The van der Waals surface area contributed by atoms with Gasteiger partial charge in [0.05, 0.1) is 16.5 Å². The van der Waals surface area contributed by atoms with Gasteiger partial charge in [-0.2, -0.15) is 0 Å². The average molecular weight is 441 g/mol. The van der Waals surface area contributed by atoms with E-state index in [4.69, 9.17) is 5.73 Å². The number of rotatable bonds is 7. The first-order chi connectivity index (χ1) is 14.4. The Labute approximate surface area is 183 Å². The van der Waals surface area contributed by atoms with E-state index in [-0.39, 0.29) is 11.2 Å². The number of thioether (sulfide) groups is 1. The molecular weight excluding hydrogens is 416 g/mol. The second-order valence-corrected chi connectivity index (χ2v) is 9.89. The molecule has 0 bridgehead atoms. The van der Waals surface area contributed by atoms with E-state index in [2.05, 4.69) is 27.4 Å². The van der Waals surface area contributed by atoms with Crippen molar-refractivity contribution < 1.29 is 9.59 Å². The second-order valence-electron chi connectivity index (χ2n) is 7.45. The van der Waals surface area contributed by atoms with Crippen LogP contribution in [0.25, 0.3) is 0 Å². The summed E-state index contributed by atoms with van der Waals surface area (Å²) in [5, 5.41) is 3.83. The zero-order chi connectivity index (χ0) is 21.3. The molecule has 6 nitrogen and oxygen atoms in total. The molecule has 0 unspecified atom stereocenters. The number of primary amides is 1. The number of nitrogens with zero attached hydrogens (tertiary/aromatic N) is 1. The van der Waals surface area contributed by atoms with Gasteiger partial charge in [0.2, 0.25) is 5.91 Å². The Morgan fingerprint density at radius 2 is 2.07 bits per heavy atom. The molecule has 3 aromatic rings. The highest BCUT2D eigenvalue weighted by Gasteiger charge is 2.27. The van der Waals surface area contributed by atoms with Crippen molar-refractivity contribution in [2.75, 3.05) is 5.32 Å². The molecule has 1 aromatic carbocycles. The first-order valence-electron chi connectivity index (χ1n) is 9.93. The van der Waals surface area contributed by atoms with Crippen LogP contribution >= 0.6 is 23.1 Å². The van der Waals surface area contributed by atoms with Gasteiger partial charge in [-0.3, -0.25) is 9.59 Å². The Balaban J connectivity index is 1.43. The van der Waals surface area contributed by atoms with E-state index in [0.717, 1.165) is 47.5 Å². The number of aromatic amines is 1. The number of nitrogens with one attached hydrogen (secondary N) is 2. The lowest BCUT2D eigenvalue weighted by atomic mass is 10.1. The third kappa shape index (κ3) is 4.29. The summed E-state index contributed by atoms with van der Waals surface area (Å²) in [4.78, 5) is 33.8. The minimum Gasteiger partial charge on any atom is -0.365 e. The lowest BCUT2D eigenvalue weighted by molar-refractivity contribution is -0.115. The number of carbonyl (C=O) groups excluding carboxylic acids is 2. The van der Waals surface area contributed by atoms with Gasteiger partial charge in [-0.1, -0.05) is 42.1 Å². The SMILES string of the molecule is Cc1[nH]c(S[C@@H](C)C(=O)Nc2sc3c(c2C(N)=O)CCC3)nc1Cc1ccccc1. The smallest absolute Gasteiger partial charge is 0.251 e. The number of benzene rings is 1. The van der Waals surface area contributed by atoms with Crippen LogP contribution in [0.4, 0.5) is 5.00 Å². The largest absolute Gasteiger partial charge is 0.365 e. The minimum absolute atomic E-state index is 0.166. The second kappa shape index (κ2) is 8.65. The molecule has 4 N–H and O–H groups in total. The third-order valence-electron chi connectivity index (χ3n) is 5.24. The molecule has 0 saturated carbocycles. The fourth-order valence-corrected chi connectivity index (χ4v) is 5.84. The van der Waals surface area contributed by atoms with Gasteiger partial charge in [0, 0.05) is 17.0 Å². The number of carbonyl (C=O) groups is 2. The predicted octanol–water partition coefficient (Wildman–Crippen LogP) is 4.08. The van der Waals surface area contributed by atoms with E-state index in [1.54, 1.807) is 0 Å². The summed E-state index contributed by atoms with van der Waals surface area (Å²) in [5.74, 6) is -0.640. The number of nitrogens with two attached hydrogens (primary N) is 1. The number of aromatic nitrogens is 2. The fraction of sp³-hybridized carbons (Fsp3) is 0.318. The summed E-state index contributed by atoms with van der Waals surface area (Å²) in [6, 6.07) is 10.2. The van der Waals surface area contributed by atoms with Crippen molar-refractivity contribution in [1.29, 1.82) is 0 Å². The topological polar surface area (TPSA) is 101 Å². The lowest BCUT2D eigenvalue weighted by Crippen LogP contribution is -2.24. The van der Waals surface area contributed by atoms with Crippen molar-refractivity contribution >= 4 is 39.9 Å². The van der Waals surface area contributed by atoms with Gasteiger partial charge >= 0.3 is 0 Å².